The summed E-state index contributed by atoms with van der Waals surface area (Å²) in [6.07, 6.45) is 6.53. The molecule has 8 nitrogen and oxygen atoms in total. The number of nitrogens with one attached hydrogen (secondary N) is 2. The van der Waals surface area contributed by atoms with E-state index >= 15 is 0 Å². The molecule has 29 heavy (non-hydrogen) atoms. The number of rotatable bonds is 0. The third kappa shape index (κ3) is 3.48. The van der Waals surface area contributed by atoms with E-state index in [1.54, 1.807) is 4.57 Å². The second-order valence-electron chi connectivity index (χ2n) is 7.94. The van der Waals surface area contributed by atoms with E-state index in [0.29, 0.717) is 24.3 Å². The summed E-state index contributed by atoms with van der Waals surface area (Å²) in [5.74, 6) is 0.237. The van der Waals surface area contributed by atoms with Crippen LogP contribution < -0.4 is 21.5 Å². The molecule has 0 saturated carbocycles. The van der Waals surface area contributed by atoms with Crippen LogP contribution in [0.25, 0.3) is 11.2 Å². The Balaban J connectivity index is 1.64. The minimum atomic E-state index is -0.236. The quantitative estimate of drug-likeness (QED) is 0.537. The zero-order chi connectivity index (χ0) is 19.8. The van der Waals surface area contributed by atoms with Crippen LogP contribution >= 0.6 is 0 Å². The highest BCUT2D eigenvalue weighted by Crippen LogP contribution is 2.25. The molecule has 0 saturated heterocycles. The van der Waals surface area contributed by atoms with Crippen molar-refractivity contribution in [3.63, 3.8) is 0 Å². The molecule has 0 radical (unpaired) electrons. The predicted octanol–water partition coefficient (Wildman–Crippen LogP) is 1.89. The average Bonchev–Trinajstić information content (AvgIpc) is 3.02. The summed E-state index contributed by atoms with van der Waals surface area (Å²) in [6, 6.07) is 4.72. The number of nitrogens with two attached hydrogens (primary N) is 1. The number of nitrogen functional groups attached to an aromatic ring is 1. The van der Waals surface area contributed by atoms with Crippen molar-refractivity contribution in [2.24, 2.45) is 0 Å². The van der Waals surface area contributed by atoms with E-state index < -0.39 is 0 Å². The molecule has 5 rings (SSSR count). The highest BCUT2D eigenvalue weighted by Gasteiger charge is 2.18. The first-order valence-electron chi connectivity index (χ1n) is 10.4. The van der Waals surface area contributed by atoms with Gasteiger partial charge in [-0.25, -0.2) is 4.79 Å². The van der Waals surface area contributed by atoms with Gasteiger partial charge < -0.3 is 20.8 Å². The molecule has 3 aromatic rings. The van der Waals surface area contributed by atoms with Gasteiger partial charge in [0.2, 0.25) is 0 Å². The molecule has 0 spiro atoms. The fourth-order valence-corrected chi connectivity index (χ4v) is 4.46. The number of hydrogen-bond donors (Lipinski definition) is 3. The third-order valence-electron chi connectivity index (χ3n) is 5.90. The van der Waals surface area contributed by atoms with Crippen molar-refractivity contribution >= 4 is 17.0 Å². The molecule has 0 amide bonds. The SMILES string of the molecule is Nc1nc2nc3c1[nH]c(=O)n3Cc1cc(c3c(c1)CNCC3)CCCCCCO2. The minimum absolute atomic E-state index is 0.230. The lowest BCUT2D eigenvalue weighted by atomic mass is 9.90. The molecule has 0 unspecified atom stereocenters. The molecule has 4 N–H and O–H groups in total. The molecule has 4 bridgehead atoms. The van der Waals surface area contributed by atoms with E-state index in [2.05, 4.69) is 32.4 Å². The fraction of sp³-hybridized carbons (Fsp3) is 0.476. The number of H-pyrrole nitrogens is 1. The Labute approximate surface area is 168 Å². The maximum absolute atomic E-state index is 12.7. The first-order chi connectivity index (χ1) is 14.2. The lowest BCUT2D eigenvalue weighted by molar-refractivity contribution is 0.283. The van der Waals surface area contributed by atoms with Gasteiger partial charge in [0, 0.05) is 6.54 Å². The average molecular weight is 394 g/mol. The Morgan fingerprint density at radius 2 is 1.93 bits per heavy atom. The number of nitrogens with zero attached hydrogens (tertiary/aromatic N) is 3. The maximum Gasteiger partial charge on any atom is 0.328 e. The van der Waals surface area contributed by atoms with Crippen molar-refractivity contribution in [3.8, 4) is 6.01 Å². The van der Waals surface area contributed by atoms with E-state index in [-0.39, 0.29) is 17.5 Å². The lowest BCUT2D eigenvalue weighted by Crippen LogP contribution is -2.25. The van der Waals surface area contributed by atoms with Crippen LogP contribution in [0, 0.1) is 0 Å². The van der Waals surface area contributed by atoms with Gasteiger partial charge in [0.15, 0.2) is 11.5 Å². The maximum atomic E-state index is 12.7. The number of ether oxygens (including phenoxy) is 1. The Hall–Kier alpha value is -2.87. The number of imidazole rings is 1. The Morgan fingerprint density at radius 3 is 2.86 bits per heavy atom. The first kappa shape index (κ1) is 18.2. The van der Waals surface area contributed by atoms with Gasteiger partial charge in [-0.2, -0.15) is 9.97 Å². The monoisotopic (exact) mass is 394 g/mol. The molecule has 8 heteroatoms. The number of hydrogen-bond acceptors (Lipinski definition) is 6. The molecule has 0 fully saturated rings. The number of aromatic nitrogens is 4. The van der Waals surface area contributed by atoms with Crippen molar-refractivity contribution in [1.29, 1.82) is 0 Å². The van der Waals surface area contributed by atoms with Crippen LogP contribution in [0.5, 0.6) is 6.01 Å². The van der Waals surface area contributed by atoms with Gasteiger partial charge in [0.1, 0.15) is 5.52 Å². The van der Waals surface area contributed by atoms with E-state index in [1.165, 1.54) is 23.1 Å². The normalized spacial score (nSPS) is 17.4. The molecule has 152 valence electrons. The van der Waals surface area contributed by atoms with Gasteiger partial charge in [0.25, 0.3) is 0 Å². The van der Waals surface area contributed by atoms with Gasteiger partial charge >= 0.3 is 11.7 Å². The van der Waals surface area contributed by atoms with Crippen LogP contribution in [-0.2, 0) is 25.9 Å². The summed E-state index contributed by atoms with van der Waals surface area (Å²) >= 11 is 0. The predicted molar refractivity (Wildman–Crippen MR) is 111 cm³/mol. The Bertz CT molecular complexity index is 1120. The summed E-state index contributed by atoms with van der Waals surface area (Å²) in [4.78, 5) is 24.1. The van der Waals surface area contributed by atoms with Crippen molar-refractivity contribution in [2.45, 2.75) is 51.6 Å². The smallest absolute Gasteiger partial charge is 0.328 e. The van der Waals surface area contributed by atoms with Gasteiger partial charge in [-0.3, -0.25) is 4.57 Å². The van der Waals surface area contributed by atoms with E-state index in [0.717, 1.165) is 50.8 Å². The van der Waals surface area contributed by atoms with E-state index in [1.807, 2.05) is 0 Å². The zero-order valence-corrected chi connectivity index (χ0v) is 16.5. The molecule has 2 aliphatic rings. The van der Waals surface area contributed by atoms with Crippen LogP contribution in [0.4, 0.5) is 5.82 Å². The number of anilines is 1. The molecule has 1 aromatic carbocycles. The first-order valence-corrected chi connectivity index (χ1v) is 10.4. The molecule has 2 aliphatic heterocycles. The van der Waals surface area contributed by atoms with Gasteiger partial charge in [0.05, 0.1) is 13.2 Å². The van der Waals surface area contributed by atoms with Crippen LogP contribution in [0.2, 0.25) is 0 Å². The summed E-state index contributed by atoms with van der Waals surface area (Å²) in [7, 11) is 0. The standard InChI is InChI=1S/C21H26N6O2/c22-18-17-19-26-20(25-18)29-8-4-2-1-3-5-14-9-13(12-27(19)21(28)24-17)10-15-11-23-7-6-16(14)15/h9-10,23H,1-8,11-12H2,(H,24,28)(H2,22,25,26). The summed E-state index contributed by atoms with van der Waals surface area (Å²) in [5.41, 5.74) is 12.2. The topological polar surface area (TPSA) is 111 Å². The Morgan fingerprint density at radius 1 is 1.07 bits per heavy atom. The number of aryl methyl sites for hydroxylation is 1. The molecule has 2 aromatic heterocycles. The fourth-order valence-electron chi connectivity index (χ4n) is 4.46. The summed E-state index contributed by atoms with van der Waals surface area (Å²) in [5, 5.41) is 3.47. The zero-order valence-electron chi connectivity index (χ0n) is 16.5. The van der Waals surface area contributed by atoms with E-state index in [4.69, 9.17) is 10.5 Å². The molecular formula is C21H26N6O2. The van der Waals surface area contributed by atoms with Gasteiger partial charge in [-0.15, -0.1) is 0 Å². The van der Waals surface area contributed by atoms with Crippen LogP contribution in [-0.4, -0.2) is 32.7 Å². The van der Waals surface area contributed by atoms with Gasteiger partial charge in [-0.1, -0.05) is 25.0 Å². The van der Waals surface area contributed by atoms with Crippen molar-refractivity contribution in [1.82, 2.24) is 24.8 Å². The second-order valence-corrected chi connectivity index (χ2v) is 7.94. The van der Waals surface area contributed by atoms with Crippen LogP contribution in [0.1, 0.15) is 47.9 Å². The molecule has 0 atom stereocenters. The number of aromatic amines is 1. The largest absolute Gasteiger partial charge is 0.463 e. The second kappa shape index (κ2) is 7.51. The van der Waals surface area contributed by atoms with Crippen LogP contribution in [0.15, 0.2) is 16.9 Å². The van der Waals surface area contributed by atoms with Crippen molar-refractivity contribution < 1.29 is 4.74 Å². The highest BCUT2D eigenvalue weighted by molar-refractivity contribution is 5.81. The summed E-state index contributed by atoms with van der Waals surface area (Å²) in [6.45, 7) is 2.90. The number of fused-ring (bicyclic) bond motifs is 5. The third-order valence-corrected chi connectivity index (χ3v) is 5.90. The number of benzene rings is 1. The van der Waals surface area contributed by atoms with Crippen LogP contribution in [0.3, 0.4) is 0 Å². The molecule has 0 aliphatic carbocycles. The molecule has 4 heterocycles. The van der Waals surface area contributed by atoms with Crippen molar-refractivity contribution in [3.05, 3.63) is 44.9 Å². The highest BCUT2D eigenvalue weighted by atomic mass is 16.5. The lowest BCUT2D eigenvalue weighted by Gasteiger charge is -2.22. The van der Waals surface area contributed by atoms with Crippen molar-refractivity contribution in [2.75, 3.05) is 18.9 Å². The van der Waals surface area contributed by atoms with E-state index in [9.17, 15) is 4.79 Å². The Kier molecular flexibility index (Phi) is 4.71. The van der Waals surface area contributed by atoms with Gasteiger partial charge in [-0.05, 0) is 54.5 Å². The summed E-state index contributed by atoms with van der Waals surface area (Å²) < 4.78 is 7.35. The molecular weight excluding hydrogens is 368 g/mol. The minimum Gasteiger partial charge on any atom is -0.463 e.